The molecule has 1 N–H and O–H groups in total. The number of aromatic amines is 1. The zero-order valence-electron chi connectivity index (χ0n) is 16.9. The molecule has 0 fully saturated rings. The van der Waals surface area contributed by atoms with Gasteiger partial charge in [-0.15, -0.1) is 0 Å². The van der Waals surface area contributed by atoms with Gasteiger partial charge in [0.1, 0.15) is 0 Å². The van der Waals surface area contributed by atoms with E-state index in [9.17, 15) is 0 Å². The van der Waals surface area contributed by atoms with Crippen molar-refractivity contribution in [2.75, 3.05) is 0 Å². The predicted molar refractivity (Wildman–Crippen MR) is 119 cm³/mol. The largest absolute Gasteiger partial charge is 0.354 e. The molecule has 0 radical (unpaired) electrons. The highest BCUT2D eigenvalue weighted by atomic mass is 14.7. The minimum absolute atomic E-state index is 0.178. The maximum absolute atomic E-state index is 3.64. The molecule has 1 aromatic heterocycles. The van der Waals surface area contributed by atoms with E-state index in [2.05, 4.69) is 93.3 Å². The summed E-state index contributed by atoms with van der Waals surface area (Å²) in [5.74, 6) is 0. The third-order valence-electron chi connectivity index (χ3n) is 5.54. The number of fused-ring (bicyclic) bond motifs is 3. The summed E-state index contributed by atoms with van der Waals surface area (Å²) < 4.78 is 0. The molecule has 0 saturated heterocycles. The number of aryl methyl sites for hydroxylation is 1. The first kappa shape index (κ1) is 17.9. The van der Waals surface area contributed by atoms with Crippen LogP contribution in [0.3, 0.4) is 0 Å². The van der Waals surface area contributed by atoms with E-state index in [0.717, 1.165) is 6.42 Å². The third-order valence-corrected chi connectivity index (χ3v) is 5.54. The van der Waals surface area contributed by atoms with Crippen LogP contribution < -0.4 is 0 Å². The number of hydrogen-bond acceptors (Lipinski definition) is 0. The van der Waals surface area contributed by atoms with Crippen molar-refractivity contribution in [3.63, 3.8) is 0 Å². The average Bonchev–Trinajstić information content (AvgIpc) is 3.03. The van der Waals surface area contributed by atoms with Crippen LogP contribution in [0, 0.1) is 0 Å². The number of para-hydroxylation sites is 1. The second-order valence-electron chi connectivity index (χ2n) is 8.67. The van der Waals surface area contributed by atoms with Gasteiger partial charge >= 0.3 is 0 Å². The van der Waals surface area contributed by atoms with Crippen LogP contribution in [-0.4, -0.2) is 4.98 Å². The monoisotopic (exact) mass is 355 g/mol. The molecule has 0 atom stereocenters. The van der Waals surface area contributed by atoms with Gasteiger partial charge < -0.3 is 4.98 Å². The number of H-pyrrole nitrogens is 1. The molecule has 1 heterocycles. The van der Waals surface area contributed by atoms with Gasteiger partial charge in [0, 0.05) is 21.8 Å². The average molecular weight is 356 g/mol. The van der Waals surface area contributed by atoms with E-state index in [1.165, 1.54) is 56.9 Å². The molecule has 0 aliphatic heterocycles. The van der Waals surface area contributed by atoms with E-state index in [-0.39, 0.29) is 5.41 Å². The number of rotatable bonds is 4. The second kappa shape index (κ2) is 6.88. The molecule has 0 unspecified atom stereocenters. The van der Waals surface area contributed by atoms with Crippen LogP contribution in [0.25, 0.3) is 32.9 Å². The van der Waals surface area contributed by atoms with Crippen LogP contribution in [0.4, 0.5) is 0 Å². The molecule has 1 heteroatoms. The fourth-order valence-corrected chi connectivity index (χ4v) is 3.95. The Morgan fingerprint density at radius 3 is 2.30 bits per heavy atom. The van der Waals surface area contributed by atoms with E-state index in [0.29, 0.717) is 0 Å². The Morgan fingerprint density at radius 1 is 0.852 bits per heavy atom. The fourth-order valence-electron chi connectivity index (χ4n) is 3.95. The van der Waals surface area contributed by atoms with Crippen LogP contribution >= 0.6 is 0 Å². The third kappa shape index (κ3) is 3.39. The standard InChI is InChI=1S/C26H29N/c1-5-6-9-18-16-22(19-12-14-20(15-13-19)26(2,3)4)25-21-10-7-8-11-23(21)27-24(25)17-18/h7-8,10-17,27H,5-6,9H2,1-4H3. The summed E-state index contributed by atoms with van der Waals surface area (Å²) in [6.07, 6.45) is 3.59. The van der Waals surface area contributed by atoms with E-state index >= 15 is 0 Å². The molecule has 27 heavy (non-hydrogen) atoms. The molecule has 4 rings (SSSR count). The lowest BCUT2D eigenvalue weighted by atomic mass is 9.85. The lowest BCUT2D eigenvalue weighted by Crippen LogP contribution is -2.10. The smallest absolute Gasteiger partial charge is 0.0473 e. The van der Waals surface area contributed by atoms with Gasteiger partial charge in [0.15, 0.2) is 0 Å². The zero-order valence-corrected chi connectivity index (χ0v) is 16.9. The van der Waals surface area contributed by atoms with Crippen molar-refractivity contribution < 1.29 is 0 Å². The summed E-state index contributed by atoms with van der Waals surface area (Å²) in [5, 5.41) is 2.65. The molecule has 138 valence electrons. The Hall–Kier alpha value is -2.54. The van der Waals surface area contributed by atoms with Crippen molar-refractivity contribution in [3.05, 3.63) is 71.8 Å². The summed E-state index contributed by atoms with van der Waals surface area (Å²) >= 11 is 0. The van der Waals surface area contributed by atoms with Gasteiger partial charge in [0.25, 0.3) is 0 Å². The molecule has 0 amide bonds. The van der Waals surface area contributed by atoms with Gasteiger partial charge in [-0.05, 0) is 52.6 Å². The highest BCUT2D eigenvalue weighted by molar-refractivity contribution is 6.14. The molecule has 3 aromatic carbocycles. The quantitative estimate of drug-likeness (QED) is 0.387. The van der Waals surface area contributed by atoms with E-state index in [4.69, 9.17) is 0 Å². The number of benzene rings is 3. The van der Waals surface area contributed by atoms with Gasteiger partial charge in [0.05, 0.1) is 0 Å². The molecule has 0 spiro atoms. The Labute approximate surface area is 162 Å². The minimum Gasteiger partial charge on any atom is -0.354 e. The number of aromatic nitrogens is 1. The van der Waals surface area contributed by atoms with Gasteiger partial charge in [-0.1, -0.05) is 82.6 Å². The minimum atomic E-state index is 0.178. The number of nitrogens with one attached hydrogen (secondary N) is 1. The topological polar surface area (TPSA) is 15.8 Å². The molecule has 1 nitrogen and oxygen atoms in total. The van der Waals surface area contributed by atoms with Gasteiger partial charge in [-0.2, -0.15) is 0 Å². The maximum atomic E-state index is 3.64. The first-order valence-corrected chi connectivity index (χ1v) is 10.1. The van der Waals surface area contributed by atoms with Crippen LogP contribution in [0.1, 0.15) is 51.7 Å². The number of unbranched alkanes of at least 4 members (excludes halogenated alkanes) is 1. The van der Waals surface area contributed by atoms with Crippen molar-refractivity contribution in [1.29, 1.82) is 0 Å². The summed E-state index contributed by atoms with van der Waals surface area (Å²) in [5.41, 5.74) is 8.09. The van der Waals surface area contributed by atoms with Crippen molar-refractivity contribution in [2.45, 2.75) is 52.4 Å². The first-order chi connectivity index (χ1) is 13.0. The molecule has 0 aliphatic rings. The predicted octanol–water partition coefficient (Wildman–Crippen LogP) is 7.63. The van der Waals surface area contributed by atoms with Crippen LogP contribution in [-0.2, 0) is 11.8 Å². The lowest BCUT2D eigenvalue weighted by Gasteiger charge is -2.19. The number of hydrogen-bond donors (Lipinski definition) is 1. The van der Waals surface area contributed by atoms with Crippen molar-refractivity contribution in [1.82, 2.24) is 4.98 Å². The molecular formula is C26H29N. The summed E-state index contributed by atoms with van der Waals surface area (Å²) in [4.78, 5) is 3.64. The maximum Gasteiger partial charge on any atom is 0.0473 e. The molecule has 0 bridgehead atoms. The fraction of sp³-hybridized carbons (Fsp3) is 0.308. The molecule has 0 saturated carbocycles. The molecule has 0 aliphatic carbocycles. The first-order valence-electron chi connectivity index (χ1n) is 10.1. The Morgan fingerprint density at radius 2 is 1.59 bits per heavy atom. The zero-order chi connectivity index (χ0) is 19.0. The van der Waals surface area contributed by atoms with Crippen molar-refractivity contribution in [3.8, 4) is 11.1 Å². The van der Waals surface area contributed by atoms with E-state index in [1.54, 1.807) is 0 Å². The summed E-state index contributed by atoms with van der Waals surface area (Å²) in [6, 6.07) is 22.5. The van der Waals surface area contributed by atoms with Gasteiger partial charge in [-0.3, -0.25) is 0 Å². The molecular weight excluding hydrogens is 326 g/mol. The van der Waals surface area contributed by atoms with E-state index in [1.807, 2.05) is 0 Å². The second-order valence-corrected chi connectivity index (χ2v) is 8.67. The van der Waals surface area contributed by atoms with Crippen molar-refractivity contribution in [2.24, 2.45) is 0 Å². The van der Waals surface area contributed by atoms with Crippen LogP contribution in [0.5, 0.6) is 0 Å². The van der Waals surface area contributed by atoms with E-state index < -0.39 is 0 Å². The van der Waals surface area contributed by atoms with Crippen LogP contribution in [0.15, 0.2) is 60.7 Å². The summed E-state index contributed by atoms with van der Waals surface area (Å²) in [7, 11) is 0. The van der Waals surface area contributed by atoms with Gasteiger partial charge in [-0.25, -0.2) is 0 Å². The normalized spacial score (nSPS) is 12.1. The molecule has 4 aromatic rings. The Bertz CT molecular complexity index is 1080. The highest BCUT2D eigenvalue weighted by Gasteiger charge is 2.15. The summed E-state index contributed by atoms with van der Waals surface area (Å²) in [6.45, 7) is 9.06. The Kier molecular flexibility index (Phi) is 4.55. The lowest BCUT2D eigenvalue weighted by molar-refractivity contribution is 0.590. The SMILES string of the molecule is CCCCc1cc(-c2ccc(C(C)(C)C)cc2)c2c(c1)[nH]c1ccccc12. The van der Waals surface area contributed by atoms with Crippen molar-refractivity contribution >= 4 is 21.8 Å². The Balaban J connectivity index is 1.93. The highest BCUT2D eigenvalue weighted by Crippen LogP contribution is 2.36. The van der Waals surface area contributed by atoms with Crippen LogP contribution in [0.2, 0.25) is 0 Å². The van der Waals surface area contributed by atoms with Gasteiger partial charge in [0.2, 0.25) is 0 Å².